The minimum atomic E-state index is -3.61. The highest BCUT2D eigenvalue weighted by Crippen LogP contribution is 2.26. The molecule has 1 amide bonds. The molecule has 1 aliphatic rings. The van der Waals surface area contributed by atoms with E-state index in [4.69, 9.17) is 0 Å². The molecule has 1 fully saturated rings. The summed E-state index contributed by atoms with van der Waals surface area (Å²) in [5, 5.41) is 0. The predicted octanol–water partition coefficient (Wildman–Crippen LogP) is 3.30. The lowest BCUT2D eigenvalue weighted by molar-refractivity contribution is -0.127. The van der Waals surface area contributed by atoms with Crippen molar-refractivity contribution < 1.29 is 17.6 Å². The fourth-order valence-electron chi connectivity index (χ4n) is 3.73. The van der Waals surface area contributed by atoms with Crippen molar-refractivity contribution in [3.63, 3.8) is 0 Å². The number of rotatable bonds is 4. The topological polar surface area (TPSA) is 57.7 Å². The Balaban J connectivity index is 1.68. The number of carbonyl (C=O) groups is 1. The number of sulfonamides is 1. The molecule has 1 saturated heterocycles. The number of amides is 1. The van der Waals surface area contributed by atoms with Gasteiger partial charge in [0.15, 0.2) is 0 Å². The molecule has 0 unspecified atom stereocenters. The Kier molecular flexibility index (Phi) is 6.19. The molecular weight excluding hydrogens is 391 g/mol. The van der Waals surface area contributed by atoms with Gasteiger partial charge >= 0.3 is 0 Å². The number of piperazine rings is 1. The molecule has 0 radical (unpaired) electrons. The van der Waals surface area contributed by atoms with Crippen molar-refractivity contribution in [2.75, 3.05) is 26.2 Å². The minimum Gasteiger partial charge on any atom is -0.337 e. The predicted molar refractivity (Wildman–Crippen MR) is 111 cm³/mol. The van der Waals surface area contributed by atoms with E-state index in [1.807, 2.05) is 32.9 Å². The van der Waals surface area contributed by atoms with Gasteiger partial charge < -0.3 is 4.90 Å². The first-order chi connectivity index (χ1) is 13.7. The highest BCUT2D eigenvalue weighted by molar-refractivity contribution is 7.89. The van der Waals surface area contributed by atoms with E-state index in [-0.39, 0.29) is 24.8 Å². The number of halogens is 1. The maximum absolute atomic E-state index is 13.2. The first-order valence-corrected chi connectivity index (χ1v) is 10.9. The van der Waals surface area contributed by atoms with E-state index in [1.165, 1.54) is 22.5 Å². The second-order valence-electron chi connectivity index (χ2n) is 7.35. The van der Waals surface area contributed by atoms with Gasteiger partial charge in [-0.3, -0.25) is 4.79 Å². The zero-order valence-electron chi connectivity index (χ0n) is 16.9. The molecule has 2 aromatic rings. The Morgan fingerprint density at radius 2 is 1.62 bits per heavy atom. The van der Waals surface area contributed by atoms with Crippen molar-refractivity contribution in [3.05, 3.63) is 70.5 Å². The van der Waals surface area contributed by atoms with Gasteiger partial charge in [0.1, 0.15) is 5.82 Å². The fraction of sp³-hybridized carbons (Fsp3) is 0.318. The Morgan fingerprint density at radius 1 is 1.00 bits per heavy atom. The Morgan fingerprint density at radius 3 is 2.21 bits per heavy atom. The Hall–Kier alpha value is -2.51. The van der Waals surface area contributed by atoms with Crippen LogP contribution in [0.1, 0.15) is 22.3 Å². The van der Waals surface area contributed by atoms with Crippen LogP contribution in [0.3, 0.4) is 0 Å². The summed E-state index contributed by atoms with van der Waals surface area (Å²) in [6.07, 6.45) is 2.96. The van der Waals surface area contributed by atoms with Crippen LogP contribution in [0.4, 0.5) is 4.39 Å². The number of hydrogen-bond donors (Lipinski definition) is 0. The molecule has 2 aromatic carbocycles. The van der Waals surface area contributed by atoms with Crippen molar-refractivity contribution in [2.45, 2.75) is 25.7 Å². The molecule has 1 aliphatic heterocycles. The minimum absolute atomic E-state index is 0.214. The fourth-order valence-corrected chi connectivity index (χ4v) is 5.57. The lowest BCUT2D eigenvalue weighted by Gasteiger charge is -2.34. The van der Waals surface area contributed by atoms with E-state index in [9.17, 15) is 17.6 Å². The van der Waals surface area contributed by atoms with Gasteiger partial charge in [-0.2, -0.15) is 4.31 Å². The molecule has 0 aliphatic carbocycles. The van der Waals surface area contributed by atoms with E-state index in [0.29, 0.717) is 23.5 Å². The van der Waals surface area contributed by atoms with Crippen LogP contribution in [0.5, 0.6) is 0 Å². The van der Waals surface area contributed by atoms with Gasteiger partial charge in [0, 0.05) is 32.3 Å². The molecule has 0 saturated carbocycles. The average molecular weight is 417 g/mol. The number of hydrogen-bond acceptors (Lipinski definition) is 3. The molecule has 0 bridgehead atoms. The molecular formula is C22H25FN2O3S. The highest BCUT2D eigenvalue weighted by atomic mass is 32.2. The second-order valence-corrected chi connectivity index (χ2v) is 9.22. The zero-order chi connectivity index (χ0) is 21.2. The summed E-state index contributed by atoms with van der Waals surface area (Å²) in [7, 11) is -3.61. The molecule has 7 heteroatoms. The number of benzene rings is 2. The first-order valence-electron chi connectivity index (χ1n) is 9.49. The molecule has 1 heterocycles. The third-order valence-electron chi connectivity index (χ3n) is 5.02. The first kappa shape index (κ1) is 21.2. The van der Waals surface area contributed by atoms with Crippen LogP contribution < -0.4 is 0 Å². The molecule has 29 heavy (non-hydrogen) atoms. The summed E-state index contributed by atoms with van der Waals surface area (Å²) in [5.74, 6) is -0.575. The molecule has 3 rings (SSSR count). The standard InChI is InChI=1S/C22H25FN2O3S/c1-16-13-17(2)22(18(3)14-16)29(27,28)25-11-9-24(10-12-25)21(26)8-7-19-5-4-6-20(23)15-19/h4-8,13-15H,9-12H2,1-3H3/b8-7+. The van der Waals surface area contributed by atoms with Gasteiger partial charge in [0.25, 0.3) is 0 Å². The van der Waals surface area contributed by atoms with E-state index in [1.54, 1.807) is 23.1 Å². The summed E-state index contributed by atoms with van der Waals surface area (Å²) < 4.78 is 40.9. The summed E-state index contributed by atoms with van der Waals surface area (Å²) in [5.41, 5.74) is 3.10. The lowest BCUT2D eigenvalue weighted by atomic mass is 10.1. The third kappa shape index (κ3) is 4.74. The van der Waals surface area contributed by atoms with Gasteiger partial charge in [-0.15, -0.1) is 0 Å². The average Bonchev–Trinajstić information content (AvgIpc) is 2.65. The molecule has 0 spiro atoms. The number of aryl methyl sites for hydroxylation is 3. The Labute approximate surface area is 171 Å². The van der Waals surface area contributed by atoms with E-state index < -0.39 is 10.0 Å². The van der Waals surface area contributed by atoms with Crippen LogP contribution in [-0.2, 0) is 14.8 Å². The quantitative estimate of drug-likeness (QED) is 0.719. The van der Waals surface area contributed by atoms with E-state index >= 15 is 0 Å². The molecule has 5 nitrogen and oxygen atoms in total. The molecule has 0 N–H and O–H groups in total. The summed E-state index contributed by atoms with van der Waals surface area (Å²) in [6, 6.07) is 9.73. The van der Waals surface area contributed by atoms with Crippen LogP contribution in [-0.4, -0.2) is 49.7 Å². The van der Waals surface area contributed by atoms with Crippen molar-refractivity contribution in [2.24, 2.45) is 0 Å². The number of nitrogens with zero attached hydrogens (tertiary/aromatic N) is 2. The van der Waals surface area contributed by atoms with Crippen molar-refractivity contribution in [3.8, 4) is 0 Å². The monoisotopic (exact) mass is 416 g/mol. The number of carbonyl (C=O) groups excluding carboxylic acids is 1. The van der Waals surface area contributed by atoms with Crippen LogP contribution in [0.2, 0.25) is 0 Å². The lowest BCUT2D eigenvalue weighted by Crippen LogP contribution is -2.50. The van der Waals surface area contributed by atoms with Gasteiger partial charge in [-0.1, -0.05) is 29.8 Å². The van der Waals surface area contributed by atoms with Gasteiger partial charge in [0.2, 0.25) is 15.9 Å². The summed E-state index contributed by atoms with van der Waals surface area (Å²) in [4.78, 5) is 14.4. The van der Waals surface area contributed by atoms with Gasteiger partial charge in [0.05, 0.1) is 4.90 Å². The van der Waals surface area contributed by atoms with Gasteiger partial charge in [-0.25, -0.2) is 12.8 Å². The van der Waals surface area contributed by atoms with Crippen LogP contribution in [0.25, 0.3) is 6.08 Å². The van der Waals surface area contributed by atoms with E-state index in [2.05, 4.69) is 0 Å². The van der Waals surface area contributed by atoms with Crippen LogP contribution >= 0.6 is 0 Å². The molecule has 0 aromatic heterocycles. The second kappa shape index (κ2) is 8.47. The third-order valence-corrected chi connectivity index (χ3v) is 7.22. The van der Waals surface area contributed by atoms with Crippen LogP contribution in [0, 0.1) is 26.6 Å². The normalized spacial score (nSPS) is 15.8. The SMILES string of the molecule is Cc1cc(C)c(S(=O)(=O)N2CCN(C(=O)/C=C/c3cccc(F)c3)CC2)c(C)c1. The maximum Gasteiger partial charge on any atom is 0.246 e. The van der Waals surface area contributed by atoms with Crippen molar-refractivity contribution in [1.82, 2.24) is 9.21 Å². The maximum atomic E-state index is 13.2. The smallest absolute Gasteiger partial charge is 0.246 e. The zero-order valence-corrected chi connectivity index (χ0v) is 17.7. The van der Waals surface area contributed by atoms with Crippen molar-refractivity contribution in [1.29, 1.82) is 0 Å². The van der Waals surface area contributed by atoms with Crippen molar-refractivity contribution >= 4 is 22.0 Å². The van der Waals surface area contributed by atoms with Gasteiger partial charge in [-0.05, 0) is 55.7 Å². The Bertz CT molecular complexity index is 1030. The summed E-state index contributed by atoms with van der Waals surface area (Å²) >= 11 is 0. The van der Waals surface area contributed by atoms with Crippen LogP contribution in [0.15, 0.2) is 47.4 Å². The molecule has 154 valence electrons. The highest BCUT2D eigenvalue weighted by Gasteiger charge is 2.31. The summed E-state index contributed by atoms with van der Waals surface area (Å²) in [6.45, 7) is 6.68. The molecule has 0 atom stereocenters. The largest absolute Gasteiger partial charge is 0.337 e. The van der Waals surface area contributed by atoms with E-state index in [0.717, 1.165) is 16.7 Å².